The Balaban J connectivity index is 1.65. The molecule has 0 saturated heterocycles. The maximum absolute atomic E-state index is 11.7. The standard InChI is InChI=1S/C16H16ClN3O2/c1-22-14-6-4-11(8-13(14)17)19-12-5-7-15(18-9-12)20-16(21)10-2-3-10/h4-10,19H,2-3H2,1H3,(H,18,20,21). The van der Waals surface area contributed by atoms with Gasteiger partial charge in [0.2, 0.25) is 5.91 Å². The monoisotopic (exact) mass is 317 g/mol. The van der Waals surface area contributed by atoms with Crippen molar-refractivity contribution in [3.05, 3.63) is 41.6 Å². The summed E-state index contributed by atoms with van der Waals surface area (Å²) in [7, 11) is 1.58. The first kappa shape index (κ1) is 14.7. The number of nitrogens with zero attached hydrogens (tertiary/aromatic N) is 1. The predicted molar refractivity (Wildman–Crippen MR) is 86.9 cm³/mol. The third-order valence-electron chi connectivity index (χ3n) is 3.40. The molecule has 1 heterocycles. The van der Waals surface area contributed by atoms with Crippen molar-refractivity contribution in [1.29, 1.82) is 0 Å². The van der Waals surface area contributed by atoms with Crippen LogP contribution in [0.15, 0.2) is 36.5 Å². The number of aromatic nitrogens is 1. The molecule has 0 radical (unpaired) electrons. The Hall–Kier alpha value is -2.27. The second-order valence-corrected chi connectivity index (χ2v) is 5.58. The van der Waals surface area contributed by atoms with Gasteiger partial charge in [-0.15, -0.1) is 0 Å². The summed E-state index contributed by atoms with van der Waals surface area (Å²) in [4.78, 5) is 15.9. The van der Waals surface area contributed by atoms with E-state index in [0.29, 0.717) is 16.6 Å². The summed E-state index contributed by atoms with van der Waals surface area (Å²) in [6, 6.07) is 9.07. The molecule has 2 N–H and O–H groups in total. The lowest BCUT2D eigenvalue weighted by atomic mass is 10.3. The highest BCUT2D eigenvalue weighted by Crippen LogP contribution is 2.30. The SMILES string of the molecule is COc1ccc(Nc2ccc(NC(=O)C3CC3)nc2)cc1Cl. The highest BCUT2D eigenvalue weighted by atomic mass is 35.5. The zero-order valence-corrected chi connectivity index (χ0v) is 12.9. The van der Waals surface area contributed by atoms with Gasteiger partial charge in [-0.2, -0.15) is 0 Å². The lowest BCUT2D eigenvalue weighted by molar-refractivity contribution is -0.117. The highest BCUT2D eigenvalue weighted by Gasteiger charge is 2.29. The predicted octanol–water partition coefficient (Wildman–Crippen LogP) is 3.84. The molecule has 1 aromatic carbocycles. The van der Waals surface area contributed by atoms with E-state index >= 15 is 0 Å². The fraction of sp³-hybridized carbons (Fsp3) is 0.250. The van der Waals surface area contributed by atoms with Crippen molar-refractivity contribution in [2.45, 2.75) is 12.8 Å². The molecule has 1 fully saturated rings. The van der Waals surface area contributed by atoms with Crippen LogP contribution in [-0.2, 0) is 4.79 Å². The smallest absolute Gasteiger partial charge is 0.228 e. The first-order valence-corrected chi connectivity index (χ1v) is 7.41. The van der Waals surface area contributed by atoms with Gasteiger partial charge in [0.15, 0.2) is 0 Å². The van der Waals surface area contributed by atoms with Crippen LogP contribution in [-0.4, -0.2) is 18.0 Å². The summed E-state index contributed by atoms with van der Waals surface area (Å²) in [5, 5.41) is 6.54. The normalized spacial score (nSPS) is 13.5. The molecule has 22 heavy (non-hydrogen) atoms. The number of ether oxygens (including phenoxy) is 1. The maximum atomic E-state index is 11.7. The molecule has 0 spiro atoms. The van der Waals surface area contributed by atoms with Crippen LogP contribution < -0.4 is 15.4 Å². The lowest BCUT2D eigenvalue weighted by Crippen LogP contribution is -2.14. The third-order valence-corrected chi connectivity index (χ3v) is 3.70. The minimum atomic E-state index is 0.0511. The average Bonchev–Trinajstić information content (AvgIpc) is 3.34. The molecule has 0 atom stereocenters. The van der Waals surface area contributed by atoms with Crippen molar-refractivity contribution in [2.75, 3.05) is 17.7 Å². The molecule has 1 saturated carbocycles. The number of carbonyl (C=O) groups is 1. The Kier molecular flexibility index (Phi) is 4.15. The van der Waals surface area contributed by atoms with E-state index < -0.39 is 0 Å². The molecule has 114 valence electrons. The Morgan fingerprint density at radius 1 is 1.27 bits per heavy atom. The molecular weight excluding hydrogens is 302 g/mol. The minimum Gasteiger partial charge on any atom is -0.495 e. The molecule has 6 heteroatoms. The Bertz CT molecular complexity index is 684. The van der Waals surface area contributed by atoms with Crippen molar-refractivity contribution >= 4 is 34.7 Å². The van der Waals surface area contributed by atoms with Crippen LogP contribution in [0.4, 0.5) is 17.2 Å². The number of rotatable bonds is 5. The van der Waals surface area contributed by atoms with Crippen LogP contribution in [0.3, 0.4) is 0 Å². The van der Waals surface area contributed by atoms with E-state index in [1.165, 1.54) is 0 Å². The third kappa shape index (κ3) is 3.49. The van der Waals surface area contributed by atoms with E-state index in [1.807, 2.05) is 12.1 Å². The number of nitrogens with one attached hydrogen (secondary N) is 2. The number of pyridine rings is 1. The quantitative estimate of drug-likeness (QED) is 0.879. The van der Waals surface area contributed by atoms with Gasteiger partial charge < -0.3 is 15.4 Å². The number of carbonyl (C=O) groups excluding carboxylic acids is 1. The van der Waals surface area contributed by atoms with Gasteiger partial charge in [0.05, 0.1) is 24.0 Å². The number of benzene rings is 1. The van der Waals surface area contributed by atoms with E-state index in [0.717, 1.165) is 24.2 Å². The number of halogens is 1. The Labute approximate surface area is 133 Å². The summed E-state index contributed by atoms with van der Waals surface area (Å²) >= 11 is 6.09. The Morgan fingerprint density at radius 3 is 2.64 bits per heavy atom. The fourth-order valence-corrected chi connectivity index (χ4v) is 2.28. The second kappa shape index (κ2) is 6.23. The van der Waals surface area contributed by atoms with E-state index in [2.05, 4.69) is 15.6 Å². The summed E-state index contributed by atoms with van der Waals surface area (Å²) in [6.07, 6.45) is 3.62. The molecule has 2 aromatic rings. The van der Waals surface area contributed by atoms with Crippen molar-refractivity contribution in [3.63, 3.8) is 0 Å². The molecule has 3 rings (SSSR count). The zero-order valence-electron chi connectivity index (χ0n) is 12.1. The molecule has 5 nitrogen and oxygen atoms in total. The van der Waals surface area contributed by atoms with Crippen molar-refractivity contribution in [1.82, 2.24) is 4.98 Å². The molecule has 0 unspecified atom stereocenters. The number of amides is 1. The lowest BCUT2D eigenvalue weighted by Gasteiger charge is -2.09. The van der Waals surface area contributed by atoms with Crippen LogP contribution >= 0.6 is 11.6 Å². The van der Waals surface area contributed by atoms with Gasteiger partial charge in [0, 0.05) is 11.6 Å². The number of methoxy groups -OCH3 is 1. The van der Waals surface area contributed by atoms with Gasteiger partial charge in [-0.3, -0.25) is 4.79 Å². The molecular formula is C16H16ClN3O2. The van der Waals surface area contributed by atoms with Crippen molar-refractivity contribution in [3.8, 4) is 5.75 Å². The molecule has 0 bridgehead atoms. The highest BCUT2D eigenvalue weighted by molar-refractivity contribution is 6.32. The van der Waals surface area contributed by atoms with Crippen LogP contribution in [0.5, 0.6) is 5.75 Å². The molecule has 0 aliphatic heterocycles. The summed E-state index contributed by atoms with van der Waals surface area (Å²) < 4.78 is 5.11. The van der Waals surface area contributed by atoms with E-state index in [1.54, 1.807) is 31.5 Å². The van der Waals surface area contributed by atoms with Gasteiger partial charge in [-0.1, -0.05) is 11.6 Å². The van der Waals surface area contributed by atoms with Crippen LogP contribution in [0.1, 0.15) is 12.8 Å². The number of hydrogen-bond acceptors (Lipinski definition) is 4. The van der Waals surface area contributed by atoms with Crippen LogP contribution in [0, 0.1) is 5.92 Å². The fourth-order valence-electron chi connectivity index (χ4n) is 2.03. The summed E-state index contributed by atoms with van der Waals surface area (Å²) in [5.41, 5.74) is 1.65. The van der Waals surface area contributed by atoms with Gasteiger partial charge in [-0.05, 0) is 43.2 Å². The first-order chi connectivity index (χ1) is 10.7. The minimum absolute atomic E-state index is 0.0511. The van der Waals surface area contributed by atoms with E-state index in [-0.39, 0.29) is 11.8 Å². The maximum Gasteiger partial charge on any atom is 0.228 e. The van der Waals surface area contributed by atoms with Crippen molar-refractivity contribution in [2.24, 2.45) is 5.92 Å². The van der Waals surface area contributed by atoms with Gasteiger partial charge in [-0.25, -0.2) is 4.98 Å². The summed E-state index contributed by atoms with van der Waals surface area (Å²) in [6.45, 7) is 0. The first-order valence-electron chi connectivity index (χ1n) is 7.03. The second-order valence-electron chi connectivity index (χ2n) is 5.17. The van der Waals surface area contributed by atoms with Crippen LogP contribution in [0.25, 0.3) is 0 Å². The van der Waals surface area contributed by atoms with Gasteiger partial charge >= 0.3 is 0 Å². The molecule has 1 amide bonds. The largest absolute Gasteiger partial charge is 0.495 e. The average molecular weight is 318 g/mol. The molecule has 1 aliphatic rings. The molecule has 1 aliphatic carbocycles. The van der Waals surface area contributed by atoms with E-state index in [9.17, 15) is 4.79 Å². The van der Waals surface area contributed by atoms with E-state index in [4.69, 9.17) is 16.3 Å². The summed E-state index contributed by atoms with van der Waals surface area (Å²) in [5.74, 6) is 1.41. The van der Waals surface area contributed by atoms with Crippen molar-refractivity contribution < 1.29 is 9.53 Å². The number of hydrogen-bond donors (Lipinski definition) is 2. The van der Waals surface area contributed by atoms with Crippen LogP contribution in [0.2, 0.25) is 5.02 Å². The Morgan fingerprint density at radius 2 is 2.05 bits per heavy atom. The van der Waals surface area contributed by atoms with Gasteiger partial charge in [0.25, 0.3) is 0 Å². The zero-order chi connectivity index (χ0) is 15.5. The number of anilines is 3. The van der Waals surface area contributed by atoms with Gasteiger partial charge in [0.1, 0.15) is 11.6 Å². The molecule has 1 aromatic heterocycles. The topological polar surface area (TPSA) is 63.2 Å².